The number of hydrogen-bond acceptors (Lipinski definition) is 4. The molecular formula is C27H52O4. The molecular weight excluding hydrogens is 388 g/mol. The molecule has 0 radical (unpaired) electrons. The van der Waals surface area contributed by atoms with E-state index in [1.165, 1.54) is 77.0 Å². The van der Waals surface area contributed by atoms with Crippen LogP contribution in [0.3, 0.4) is 0 Å². The number of rotatable bonds is 20. The Balaban J connectivity index is 3.94. The van der Waals surface area contributed by atoms with Crippen LogP contribution in [-0.4, -0.2) is 24.1 Å². The summed E-state index contributed by atoms with van der Waals surface area (Å²) in [6.45, 7) is 12.7. The van der Waals surface area contributed by atoms with Gasteiger partial charge in [-0.25, -0.2) is 0 Å². The van der Waals surface area contributed by atoms with Crippen molar-refractivity contribution in [1.82, 2.24) is 0 Å². The minimum Gasteiger partial charge on any atom is -0.462 e. The van der Waals surface area contributed by atoms with Crippen LogP contribution in [0, 0.1) is 11.8 Å². The van der Waals surface area contributed by atoms with E-state index >= 15 is 0 Å². The van der Waals surface area contributed by atoms with Crippen molar-refractivity contribution in [3.63, 3.8) is 0 Å². The third kappa shape index (κ3) is 19.4. The molecule has 0 spiro atoms. The molecule has 31 heavy (non-hydrogen) atoms. The summed E-state index contributed by atoms with van der Waals surface area (Å²) in [5.74, 6) is 0.118. The Morgan fingerprint density at radius 1 is 0.581 bits per heavy atom. The molecule has 0 aromatic carbocycles. The molecule has 4 heteroatoms. The van der Waals surface area contributed by atoms with Crippen molar-refractivity contribution in [2.75, 3.05) is 0 Å². The molecule has 4 unspecified atom stereocenters. The van der Waals surface area contributed by atoms with Gasteiger partial charge in [0, 0.05) is 0 Å². The van der Waals surface area contributed by atoms with Crippen LogP contribution >= 0.6 is 0 Å². The third-order valence-corrected chi connectivity index (χ3v) is 6.02. The first-order valence-electron chi connectivity index (χ1n) is 13.2. The molecule has 0 heterocycles. The fourth-order valence-electron chi connectivity index (χ4n) is 4.31. The van der Waals surface area contributed by atoms with Gasteiger partial charge in [0.05, 0.1) is 12.2 Å². The summed E-state index contributed by atoms with van der Waals surface area (Å²) in [5.41, 5.74) is 0. The van der Waals surface area contributed by atoms with E-state index in [-0.39, 0.29) is 18.6 Å². The van der Waals surface area contributed by atoms with E-state index in [4.69, 9.17) is 9.47 Å². The Kier molecular flexibility index (Phi) is 18.9. The summed E-state index contributed by atoms with van der Waals surface area (Å²) in [6, 6.07) is 0. The van der Waals surface area contributed by atoms with Gasteiger partial charge in [0.1, 0.15) is 6.42 Å². The van der Waals surface area contributed by atoms with Crippen LogP contribution in [0.2, 0.25) is 0 Å². The molecule has 0 fully saturated rings. The maximum absolute atomic E-state index is 12.1. The highest BCUT2D eigenvalue weighted by Crippen LogP contribution is 2.19. The largest absolute Gasteiger partial charge is 0.462 e. The lowest BCUT2D eigenvalue weighted by Gasteiger charge is -2.19. The summed E-state index contributed by atoms with van der Waals surface area (Å²) >= 11 is 0. The highest BCUT2D eigenvalue weighted by Gasteiger charge is 2.19. The lowest BCUT2D eigenvalue weighted by Crippen LogP contribution is -2.23. The van der Waals surface area contributed by atoms with Crippen LogP contribution in [0.1, 0.15) is 138 Å². The Labute approximate surface area is 193 Å². The van der Waals surface area contributed by atoms with E-state index in [2.05, 4.69) is 27.7 Å². The van der Waals surface area contributed by atoms with E-state index in [1.807, 2.05) is 13.8 Å². The molecule has 0 N–H and O–H groups in total. The standard InChI is InChI=1S/C27H52O4/c1-7-9-11-13-15-17-22(3)19-24(5)30-26(28)21-27(29)31-25(6)20-23(4)18-16-14-12-10-8-2/h22-25H,7-21H2,1-6H3. The number of carbonyl (C=O) groups is 2. The minimum absolute atomic E-state index is 0.156. The van der Waals surface area contributed by atoms with Gasteiger partial charge in [-0.1, -0.05) is 105 Å². The third-order valence-electron chi connectivity index (χ3n) is 6.02. The van der Waals surface area contributed by atoms with E-state index in [9.17, 15) is 9.59 Å². The van der Waals surface area contributed by atoms with Crippen molar-refractivity contribution >= 4 is 11.9 Å². The van der Waals surface area contributed by atoms with Crippen molar-refractivity contribution in [1.29, 1.82) is 0 Å². The molecule has 0 aliphatic rings. The van der Waals surface area contributed by atoms with Gasteiger partial charge in [-0.2, -0.15) is 0 Å². The van der Waals surface area contributed by atoms with Crippen LogP contribution in [0.5, 0.6) is 0 Å². The average Bonchev–Trinajstić information content (AvgIpc) is 2.66. The van der Waals surface area contributed by atoms with Gasteiger partial charge in [0.25, 0.3) is 0 Å². The molecule has 4 nitrogen and oxygen atoms in total. The molecule has 0 saturated carbocycles. The second-order valence-corrected chi connectivity index (χ2v) is 9.87. The summed E-state index contributed by atoms with van der Waals surface area (Å²) in [6.07, 6.45) is 16.3. The van der Waals surface area contributed by atoms with Crippen molar-refractivity contribution < 1.29 is 19.1 Å². The van der Waals surface area contributed by atoms with Gasteiger partial charge in [0.15, 0.2) is 0 Å². The lowest BCUT2D eigenvalue weighted by atomic mass is 9.97. The van der Waals surface area contributed by atoms with Gasteiger partial charge in [-0.3, -0.25) is 9.59 Å². The molecule has 0 aromatic heterocycles. The van der Waals surface area contributed by atoms with Crippen LogP contribution in [0.25, 0.3) is 0 Å². The first-order chi connectivity index (χ1) is 14.8. The first-order valence-corrected chi connectivity index (χ1v) is 13.2. The number of carbonyl (C=O) groups excluding carboxylic acids is 2. The van der Waals surface area contributed by atoms with Crippen molar-refractivity contribution in [2.24, 2.45) is 11.8 Å². The second kappa shape index (κ2) is 19.6. The molecule has 0 aliphatic carbocycles. The van der Waals surface area contributed by atoms with Gasteiger partial charge >= 0.3 is 11.9 Å². The monoisotopic (exact) mass is 440 g/mol. The molecule has 0 bridgehead atoms. The van der Waals surface area contributed by atoms with Gasteiger partial charge < -0.3 is 9.47 Å². The molecule has 184 valence electrons. The van der Waals surface area contributed by atoms with Crippen molar-refractivity contribution in [2.45, 2.75) is 150 Å². The zero-order valence-corrected chi connectivity index (χ0v) is 21.5. The molecule has 4 atom stereocenters. The van der Waals surface area contributed by atoms with Crippen LogP contribution in [-0.2, 0) is 19.1 Å². The molecule has 0 amide bonds. The van der Waals surface area contributed by atoms with E-state index in [0.29, 0.717) is 11.8 Å². The van der Waals surface area contributed by atoms with Gasteiger partial charge in [0.2, 0.25) is 0 Å². The smallest absolute Gasteiger partial charge is 0.317 e. The topological polar surface area (TPSA) is 52.6 Å². The van der Waals surface area contributed by atoms with Crippen molar-refractivity contribution in [3.8, 4) is 0 Å². The average molecular weight is 441 g/mol. The number of esters is 2. The Bertz CT molecular complexity index is 409. The van der Waals surface area contributed by atoms with Crippen LogP contribution in [0.15, 0.2) is 0 Å². The molecule has 0 aromatic rings. The second-order valence-electron chi connectivity index (χ2n) is 9.87. The van der Waals surface area contributed by atoms with Gasteiger partial charge in [-0.05, 0) is 38.5 Å². The maximum Gasteiger partial charge on any atom is 0.317 e. The highest BCUT2D eigenvalue weighted by molar-refractivity contribution is 5.91. The summed E-state index contributed by atoms with van der Waals surface area (Å²) < 4.78 is 10.9. The number of hydrogen-bond donors (Lipinski definition) is 0. The Hall–Kier alpha value is -1.06. The number of ether oxygens (including phenoxy) is 2. The highest BCUT2D eigenvalue weighted by atomic mass is 16.6. The summed E-state index contributed by atoms with van der Waals surface area (Å²) in [4.78, 5) is 24.2. The van der Waals surface area contributed by atoms with E-state index in [1.54, 1.807) is 0 Å². The predicted molar refractivity (Wildman–Crippen MR) is 130 cm³/mol. The van der Waals surface area contributed by atoms with Crippen LogP contribution in [0.4, 0.5) is 0 Å². The fourth-order valence-corrected chi connectivity index (χ4v) is 4.31. The molecule has 0 saturated heterocycles. The van der Waals surface area contributed by atoms with E-state index in [0.717, 1.165) is 12.8 Å². The first kappa shape index (κ1) is 29.9. The van der Waals surface area contributed by atoms with Crippen molar-refractivity contribution in [3.05, 3.63) is 0 Å². The minimum atomic E-state index is -0.469. The van der Waals surface area contributed by atoms with E-state index < -0.39 is 11.9 Å². The summed E-state index contributed by atoms with van der Waals surface area (Å²) in [7, 11) is 0. The molecule has 0 aliphatic heterocycles. The van der Waals surface area contributed by atoms with Crippen LogP contribution < -0.4 is 0 Å². The normalized spacial score (nSPS) is 15.2. The fraction of sp³-hybridized carbons (Fsp3) is 0.926. The van der Waals surface area contributed by atoms with Gasteiger partial charge in [-0.15, -0.1) is 0 Å². The zero-order chi connectivity index (χ0) is 23.5. The Morgan fingerprint density at radius 3 is 1.29 bits per heavy atom. The lowest BCUT2D eigenvalue weighted by molar-refractivity contribution is -0.160. The Morgan fingerprint density at radius 2 is 0.935 bits per heavy atom. The zero-order valence-electron chi connectivity index (χ0n) is 21.5. The quantitative estimate of drug-likeness (QED) is 0.109. The number of unbranched alkanes of at least 4 members (excludes halogenated alkanes) is 8. The summed E-state index contributed by atoms with van der Waals surface area (Å²) in [5, 5.41) is 0. The molecule has 0 rings (SSSR count). The predicted octanol–water partition coefficient (Wildman–Crippen LogP) is 8.01. The SMILES string of the molecule is CCCCCCCC(C)CC(C)OC(=O)CC(=O)OC(C)CC(C)CCCCCCC. The maximum atomic E-state index is 12.1.